The maximum absolute atomic E-state index is 12.2. The van der Waals surface area contributed by atoms with Crippen LogP contribution in [0.2, 0.25) is 0 Å². The Morgan fingerprint density at radius 2 is 1.74 bits per heavy atom. The molecule has 0 saturated heterocycles. The molecule has 3 rings (SSSR count). The van der Waals surface area contributed by atoms with Crippen molar-refractivity contribution in [1.82, 2.24) is 5.43 Å². The number of nitrogens with zero attached hydrogens (tertiary/aromatic N) is 1. The molecule has 7 heteroatoms. The molecule has 0 aliphatic rings. The highest BCUT2D eigenvalue weighted by Gasteiger charge is 2.09. The number of carbonyl (C=O) groups is 1. The molecular weight excluding hydrogens is 682 g/mol. The molecule has 0 aromatic heterocycles. The van der Waals surface area contributed by atoms with Gasteiger partial charge in [-0.05, 0) is 106 Å². The standard InChI is InChI=1S/C24H21BrI2N2O2/c1-15-3-6-19(16(2)9-15)12-23(30)29-28-13-18-10-21(26)24(22(27)11-18)31-14-17-4-7-20(25)8-5-17/h3-11,13H,12,14H2,1-2H3,(H,29,30)/b28-13+. The van der Waals surface area contributed by atoms with Gasteiger partial charge in [0, 0.05) is 4.47 Å². The van der Waals surface area contributed by atoms with Crippen LogP contribution in [-0.4, -0.2) is 12.1 Å². The summed E-state index contributed by atoms with van der Waals surface area (Å²) in [6, 6.07) is 18.1. The van der Waals surface area contributed by atoms with Crippen LogP contribution in [0.1, 0.15) is 27.8 Å². The number of rotatable bonds is 7. The van der Waals surface area contributed by atoms with Gasteiger partial charge in [0.05, 0.1) is 19.8 Å². The molecule has 31 heavy (non-hydrogen) atoms. The van der Waals surface area contributed by atoms with Crippen molar-refractivity contribution in [3.05, 3.63) is 94.0 Å². The van der Waals surface area contributed by atoms with Crippen molar-refractivity contribution in [2.45, 2.75) is 26.9 Å². The second kappa shape index (κ2) is 11.4. The Hall–Kier alpha value is -1.46. The average Bonchev–Trinajstić information content (AvgIpc) is 2.71. The van der Waals surface area contributed by atoms with Crippen molar-refractivity contribution in [3.63, 3.8) is 0 Å². The fraction of sp³-hybridized carbons (Fsp3) is 0.167. The predicted octanol–water partition coefficient (Wildman–Crippen LogP) is 6.55. The van der Waals surface area contributed by atoms with E-state index in [1.807, 2.05) is 62.4 Å². The second-order valence-corrected chi connectivity index (χ2v) is 10.4. The molecule has 0 fully saturated rings. The monoisotopic (exact) mass is 702 g/mol. The summed E-state index contributed by atoms with van der Waals surface area (Å²) < 4.78 is 9.06. The molecular formula is C24H21BrI2N2O2. The highest BCUT2D eigenvalue weighted by molar-refractivity contribution is 14.1. The summed E-state index contributed by atoms with van der Waals surface area (Å²) in [6.45, 7) is 4.56. The van der Waals surface area contributed by atoms with Gasteiger partial charge in [0.25, 0.3) is 0 Å². The first-order valence-electron chi connectivity index (χ1n) is 9.56. The van der Waals surface area contributed by atoms with Crippen LogP contribution >= 0.6 is 61.1 Å². The minimum Gasteiger partial charge on any atom is -0.487 e. The highest BCUT2D eigenvalue weighted by Crippen LogP contribution is 2.29. The van der Waals surface area contributed by atoms with E-state index in [2.05, 4.69) is 77.7 Å². The van der Waals surface area contributed by atoms with Gasteiger partial charge >= 0.3 is 0 Å². The van der Waals surface area contributed by atoms with Gasteiger partial charge in [-0.15, -0.1) is 0 Å². The summed E-state index contributed by atoms with van der Waals surface area (Å²) in [6.07, 6.45) is 1.96. The van der Waals surface area contributed by atoms with Crippen LogP contribution in [0.5, 0.6) is 5.75 Å². The maximum atomic E-state index is 12.2. The van der Waals surface area contributed by atoms with Crippen LogP contribution < -0.4 is 10.2 Å². The third-order valence-electron chi connectivity index (χ3n) is 4.57. The number of hydrogen-bond donors (Lipinski definition) is 1. The number of halogens is 3. The smallest absolute Gasteiger partial charge is 0.244 e. The largest absolute Gasteiger partial charge is 0.487 e. The number of nitrogens with one attached hydrogen (secondary N) is 1. The van der Waals surface area contributed by atoms with Crippen molar-refractivity contribution in [3.8, 4) is 5.75 Å². The van der Waals surface area contributed by atoms with Gasteiger partial charge in [-0.2, -0.15) is 5.10 Å². The van der Waals surface area contributed by atoms with Gasteiger partial charge < -0.3 is 4.74 Å². The fourth-order valence-electron chi connectivity index (χ4n) is 2.96. The number of aryl methyl sites for hydroxylation is 2. The van der Waals surface area contributed by atoms with Crippen molar-refractivity contribution >= 4 is 73.2 Å². The van der Waals surface area contributed by atoms with E-state index >= 15 is 0 Å². The van der Waals surface area contributed by atoms with E-state index in [-0.39, 0.29) is 5.91 Å². The molecule has 1 amide bonds. The summed E-state index contributed by atoms with van der Waals surface area (Å²) in [7, 11) is 0. The van der Waals surface area contributed by atoms with Crippen LogP contribution in [0.3, 0.4) is 0 Å². The summed E-state index contributed by atoms with van der Waals surface area (Å²) in [5.41, 5.74) is 7.93. The molecule has 0 atom stereocenters. The van der Waals surface area contributed by atoms with Crippen LogP contribution in [-0.2, 0) is 17.8 Å². The normalized spacial score (nSPS) is 11.0. The lowest BCUT2D eigenvalue weighted by Gasteiger charge is -2.11. The summed E-state index contributed by atoms with van der Waals surface area (Å²) in [5, 5.41) is 4.12. The summed E-state index contributed by atoms with van der Waals surface area (Å²) in [5.74, 6) is 0.710. The van der Waals surface area contributed by atoms with E-state index in [0.717, 1.165) is 39.6 Å². The zero-order valence-electron chi connectivity index (χ0n) is 17.1. The topological polar surface area (TPSA) is 50.7 Å². The Labute approximate surface area is 218 Å². The van der Waals surface area contributed by atoms with Crippen molar-refractivity contribution < 1.29 is 9.53 Å². The average molecular weight is 703 g/mol. The number of amides is 1. The second-order valence-electron chi connectivity index (χ2n) is 7.13. The SMILES string of the molecule is Cc1ccc(CC(=O)N/N=C/c2cc(I)c(OCc3ccc(Br)cc3)c(I)c2)c(C)c1. The molecule has 0 aliphatic heterocycles. The molecule has 0 radical (unpaired) electrons. The molecule has 0 aliphatic carbocycles. The van der Waals surface area contributed by atoms with E-state index < -0.39 is 0 Å². The molecule has 1 N–H and O–H groups in total. The molecule has 0 saturated carbocycles. The lowest BCUT2D eigenvalue weighted by atomic mass is 10.0. The van der Waals surface area contributed by atoms with Gasteiger partial charge in [-0.1, -0.05) is 51.8 Å². The van der Waals surface area contributed by atoms with E-state index in [1.165, 1.54) is 5.56 Å². The maximum Gasteiger partial charge on any atom is 0.244 e. The highest BCUT2D eigenvalue weighted by atomic mass is 127. The zero-order chi connectivity index (χ0) is 22.4. The third-order valence-corrected chi connectivity index (χ3v) is 6.70. The van der Waals surface area contributed by atoms with Crippen LogP contribution in [0.25, 0.3) is 0 Å². The lowest BCUT2D eigenvalue weighted by molar-refractivity contribution is -0.120. The first-order valence-corrected chi connectivity index (χ1v) is 12.5. The van der Waals surface area contributed by atoms with Gasteiger partial charge in [0.2, 0.25) is 5.91 Å². The minimum atomic E-state index is -0.137. The molecule has 0 heterocycles. The number of carbonyl (C=O) groups excluding carboxylic acids is 1. The van der Waals surface area contributed by atoms with Crippen molar-refractivity contribution in [2.75, 3.05) is 0 Å². The summed E-state index contributed by atoms with van der Waals surface area (Å²) in [4.78, 5) is 12.2. The number of hydrogen-bond acceptors (Lipinski definition) is 3. The van der Waals surface area contributed by atoms with Crippen molar-refractivity contribution in [1.29, 1.82) is 0 Å². The number of ether oxygens (including phenoxy) is 1. The quantitative estimate of drug-likeness (QED) is 0.173. The molecule has 3 aromatic carbocycles. The lowest BCUT2D eigenvalue weighted by Crippen LogP contribution is -2.20. The Morgan fingerprint density at radius 3 is 2.39 bits per heavy atom. The zero-order valence-corrected chi connectivity index (χ0v) is 23.0. The Bertz CT molecular complexity index is 1090. The van der Waals surface area contributed by atoms with Crippen molar-refractivity contribution in [2.24, 2.45) is 5.10 Å². The molecule has 0 unspecified atom stereocenters. The van der Waals surface area contributed by atoms with Crippen LogP contribution in [0, 0.1) is 21.0 Å². The van der Waals surface area contributed by atoms with Crippen LogP contribution in [0.4, 0.5) is 0 Å². The van der Waals surface area contributed by atoms with Gasteiger partial charge in [0.15, 0.2) is 0 Å². The van der Waals surface area contributed by atoms with E-state index in [4.69, 9.17) is 4.74 Å². The predicted molar refractivity (Wildman–Crippen MR) is 146 cm³/mol. The first kappa shape index (κ1) is 24.2. The van der Waals surface area contributed by atoms with E-state index in [9.17, 15) is 4.79 Å². The molecule has 0 spiro atoms. The molecule has 160 valence electrons. The Balaban J connectivity index is 1.59. The minimum absolute atomic E-state index is 0.137. The van der Waals surface area contributed by atoms with E-state index in [0.29, 0.717) is 13.0 Å². The van der Waals surface area contributed by atoms with Gasteiger partial charge in [0.1, 0.15) is 12.4 Å². The fourth-order valence-corrected chi connectivity index (χ4v) is 5.36. The number of benzene rings is 3. The van der Waals surface area contributed by atoms with Gasteiger partial charge in [-0.3, -0.25) is 4.79 Å². The Morgan fingerprint density at radius 1 is 1.06 bits per heavy atom. The third kappa shape index (κ3) is 7.28. The van der Waals surface area contributed by atoms with E-state index in [1.54, 1.807) is 6.21 Å². The molecule has 3 aromatic rings. The number of hydrazone groups is 1. The van der Waals surface area contributed by atoms with Gasteiger partial charge in [-0.25, -0.2) is 5.43 Å². The molecule has 4 nitrogen and oxygen atoms in total. The Kier molecular flexibility index (Phi) is 8.91. The summed E-state index contributed by atoms with van der Waals surface area (Å²) >= 11 is 7.96. The molecule has 0 bridgehead atoms. The van der Waals surface area contributed by atoms with Crippen LogP contribution in [0.15, 0.2) is 64.2 Å². The first-order chi connectivity index (χ1) is 14.8.